The average molecular weight is 302 g/mol. The number of carbonyl (C=O) groups excluding carboxylic acids is 2. The summed E-state index contributed by atoms with van der Waals surface area (Å²) < 4.78 is 5.43. The highest BCUT2D eigenvalue weighted by Gasteiger charge is 2.20. The van der Waals surface area contributed by atoms with E-state index in [4.69, 9.17) is 4.43 Å². The molecule has 0 fully saturated rings. The van der Waals surface area contributed by atoms with Gasteiger partial charge in [-0.2, -0.15) is 0 Å². The monoisotopic (exact) mass is 302 g/mol. The van der Waals surface area contributed by atoms with Crippen molar-refractivity contribution in [2.45, 2.75) is 64.6 Å². The second-order valence-electron chi connectivity index (χ2n) is 5.65. The largest absolute Gasteiger partial charge is 0.420 e. The van der Waals surface area contributed by atoms with E-state index in [0.717, 1.165) is 31.7 Å². The fourth-order valence-corrected chi connectivity index (χ4v) is 2.96. The lowest BCUT2D eigenvalue weighted by Crippen LogP contribution is -2.37. The Labute approximate surface area is 124 Å². The Kier molecular flexibility index (Phi) is 10.4. The molecule has 0 spiro atoms. The molecular weight excluding hydrogens is 272 g/mol. The van der Waals surface area contributed by atoms with Crippen molar-refractivity contribution < 1.29 is 14.0 Å². The molecule has 5 nitrogen and oxygen atoms in total. The zero-order valence-corrected chi connectivity index (χ0v) is 14.4. The summed E-state index contributed by atoms with van der Waals surface area (Å²) in [6.45, 7) is 6.61. The van der Waals surface area contributed by atoms with Gasteiger partial charge < -0.3 is 15.1 Å². The molecule has 0 aromatic carbocycles. The molecule has 0 saturated carbocycles. The lowest BCUT2D eigenvalue weighted by molar-refractivity contribution is -0.122. The van der Waals surface area contributed by atoms with Crippen molar-refractivity contribution in [3.63, 3.8) is 0 Å². The van der Waals surface area contributed by atoms with E-state index in [9.17, 15) is 9.59 Å². The molecule has 0 aliphatic rings. The van der Waals surface area contributed by atoms with Crippen LogP contribution in [-0.2, 0) is 14.0 Å². The molecular formula is C14H30N2O3Si. The van der Waals surface area contributed by atoms with E-state index in [-0.39, 0.29) is 18.5 Å². The number of unbranched alkanes of at least 4 members (excludes halogenated alkanes) is 2. The highest BCUT2D eigenvalue weighted by Crippen LogP contribution is 2.13. The second kappa shape index (κ2) is 10.9. The average Bonchev–Trinajstić information content (AvgIpc) is 2.39. The van der Waals surface area contributed by atoms with Crippen LogP contribution in [0.25, 0.3) is 0 Å². The van der Waals surface area contributed by atoms with Crippen molar-refractivity contribution >= 4 is 20.1 Å². The Morgan fingerprint density at radius 1 is 1.00 bits per heavy atom. The minimum absolute atomic E-state index is 0.00618. The molecule has 0 aliphatic carbocycles. The molecule has 0 unspecified atom stereocenters. The number of hydrogen-bond acceptors (Lipinski definition) is 3. The van der Waals surface area contributed by atoms with Gasteiger partial charge in [0.15, 0.2) is 8.32 Å². The molecule has 0 saturated heterocycles. The van der Waals surface area contributed by atoms with Crippen molar-refractivity contribution in [1.82, 2.24) is 10.6 Å². The summed E-state index contributed by atoms with van der Waals surface area (Å²) in [6, 6.07) is 0.973. The van der Waals surface area contributed by atoms with Crippen LogP contribution in [0, 0.1) is 0 Å². The third-order valence-corrected chi connectivity index (χ3v) is 5.98. The lowest BCUT2D eigenvalue weighted by atomic mass is 10.2. The van der Waals surface area contributed by atoms with Crippen LogP contribution in [0.4, 0.5) is 0 Å². The van der Waals surface area contributed by atoms with Crippen molar-refractivity contribution in [2.24, 2.45) is 0 Å². The van der Waals surface area contributed by atoms with E-state index in [1.54, 1.807) is 7.11 Å². The molecule has 0 aromatic rings. The molecule has 0 radical (unpaired) electrons. The van der Waals surface area contributed by atoms with Crippen LogP contribution in [0.1, 0.15) is 45.4 Å². The molecule has 6 heteroatoms. The van der Waals surface area contributed by atoms with Gasteiger partial charge >= 0.3 is 0 Å². The Morgan fingerprint density at radius 3 is 2.05 bits per heavy atom. The maximum Gasteiger partial charge on any atom is 0.221 e. The summed E-state index contributed by atoms with van der Waals surface area (Å²) in [5, 5.41) is 5.42. The molecule has 0 heterocycles. The lowest BCUT2D eigenvalue weighted by Gasteiger charge is -2.19. The summed E-state index contributed by atoms with van der Waals surface area (Å²) in [4.78, 5) is 23.0. The summed E-state index contributed by atoms with van der Waals surface area (Å²) in [7, 11) is 0.175. The van der Waals surface area contributed by atoms with Gasteiger partial charge in [-0.05, 0) is 32.0 Å². The fraction of sp³-hybridized carbons (Fsp3) is 0.857. The predicted molar refractivity (Wildman–Crippen MR) is 83.8 cm³/mol. The van der Waals surface area contributed by atoms with Gasteiger partial charge in [-0.15, -0.1) is 0 Å². The Hall–Kier alpha value is -0.883. The predicted octanol–water partition coefficient (Wildman–Crippen LogP) is 2.39. The molecule has 2 N–H and O–H groups in total. The first-order valence-corrected chi connectivity index (χ1v) is 10.6. The normalized spacial score (nSPS) is 11.2. The number of rotatable bonds is 11. The van der Waals surface area contributed by atoms with E-state index in [0.29, 0.717) is 12.8 Å². The van der Waals surface area contributed by atoms with Gasteiger partial charge in [0.25, 0.3) is 0 Å². The zero-order valence-electron chi connectivity index (χ0n) is 13.4. The van der Waals surface area contributed by atoms with Crippen LogP contribution >= 0.6 is 0 Å². The van der Waals surface area contributed by atoms with Crippen molar-refractivity contribution in [3.05, 3.63) is 0 Å². The summed E-state index contributed by atoms with van der Waals surface area (Å²) in [6.07, 6.45) is 4.95. The van der Waals surface area contributed by atoms with Gasteiger partial charge in [0.1, 0.15) is 0 Å². The smallest absolute Gasteiger partial charge is 0.221 e. The Bertz CT molecular complexity index is 296. The first-order chi connectivity index (χ1) is 9.41. The van der Waals surface area contributed by atoms with E-state index in [1.165, 1.54) is 0 Å². The highest BCUT2D eigenvalue weighted by atomic mass is 28.4. The molecule has 0 aromatic heterocycles. The molecule has 0 bridgehead atoms. The highest BCUT2D eigenvalue weighted by molar-refractivity contribution is 6.71. The zero-order chi connectivity index (χ0) is 15.4. The third-order valence-electron chi connectivity index (χ3n) is 3.31. The minimum Gasteiger partial charge on any atom is -0.420 e. The van der Waals surface area contributed by atoms with Gasteiger partial charge in [-0.25, -0.2) is 0 Å². The van der Waals surface area contributed by atoms with Crippen molar-refractivity contribution in [3.8, 4) is 0 Å². The van der Waals surface area contributed by atoms with Crippen LogP contribution in [-0.4, -0.2) is 33.9 Å². The topological polar surface area (TPSA) is 67.4 Å². The van der Waals surface area contributed by atoms with Crippen molar-refractivity contribution in [1.29, 1.82) is 0 Å². The van der Waals surface area contributed by atoms with Crippen molar-refractivity contribution in [2.75, 3.05) is 13.8 Å². The van der Waals surface area contributed by atoms with Crippen LogP contribution < -0.4 is 10.6 Å². The van der Waals surface area contributed by atoms with Gasteiger partial charge in [0.05, 0.1) is 6.67 Å². The summed E-state index contributed by atoms with van der Waals surface area (Å²) in [5.41, 5.74) is 0. The van der Waals surface area contributed by atoms with Gasteiger partial charge in [0, 0.05) is 20.0 Å². The SMILES string of the molecule is CCCCCC(=O)NCNC(=O)CCC[Si](C)(C)OC. The number of hydrogen-bond donors (Lipinski definition) is 2. The first-order valence-electron chi connectivity index (χ1n) is 7.50. The van der Waals surface area contributed by atoms with Crippen LogP contribution in [0.5, 0.6) is 0 Å². The Morgan fingerprint density at radius 2 is 1.55 bits per heavy atom. The van der Waals surface area contributed by atoms with E-state index >= 15 is 0 Å². The number of nitrogens with one attached hydrogen (secondary N) is 2. The summed E-state index contributed by atoms with van der Waals surface area (Å²) in [5.74, 6) is -0.00793. The molecule has 0 rings (SSSR count). The van der Waals surface area contributed by atoms with E-state index in [2.05, 4.69) is 30.7 Å². The number of amides is 2. The first kappa shape index (κ1) is 19.1. The molecule has 0 aliphatic heterocycles. The van der Waals surface area contributed by atoms with E-state index in [1.807, 2.05) is 0 Å². The second-order valence-corrected chi connectivity index (χ2v) is 10.1. The maximum atomic E-state index is 11.6. The molecule has 118 valence electrons. The van der Waals surface area contributed by atoms with Crippen LogP contribution in [0.2, 0.25) is 19.1 Å². The summed E-state index contributed by atoms with van der Waals surface area (Å²) >= 11 is 0. The Balaban J connectivity index is 3.56. The van der Waals surface area contributed by atoms with Gasteiger partial charge in [0.2, 0.25) is 11.8 Å². The molecule has 2 amide bonds. The van der Waals surface area contributed by atoms with Gasteiger partial charge in [-0.1, -0.05) is 19.8 Å². The van der Waals surface area contributed by atoms with Gasteiger partial charge in [-0.3, -0.25) is 9.59 Å². The third kappa shape index (κ3) is 11.0. The van der Waals surface area contributed by atoms with Crippen LogP contribution in [0.15, 0.2) is 0 Å². The molecule has 20 heavy (non-hydrogen) atoms. The standard InChI is InChI=1S/C14H30N2O3Si/c1-5-6-7-9-13(17)15-12-16-14(18)10-8-11-20(3,4)19-2/h5-12H2,1-4H3,(H,15,17)(H,16,18). The number of carbonyl (C=O) groups is 2. The fourth-order valence-electron chi connectivity index (χ4n) is 1.73. The minimum atomic E-state index is -1.56. The van der Waals surface area contributed by atoms with Crippen LogP contribution in [0.3, 0.4) is 0 Å². The van der Waals surface area contributed by atoms with E-state index < -0.39 is 8.32 Å². The molecule has 0 atom stereocenters. The quantitative estimate of drug-likeness (QED) is 0.350. The maximum absolute atomic E-state index is 11.6.